The van der Waals surface area contributed by atoms with Crippen LogP contribution in [0.25, 0.3) is 0 Å². The monoisotopic (exact) mass is 316 g/mol. The predicted molar refractivity (Wildman–Crippen MR) is 80.7 cm³/mol. The van der Waals surface area contributed by atoms with Crippen LogP contribution >= 0.6 is 0 Å². The van der Waals surface area contributed by atoms with Crippen molar-refractivity contribution in [2.75, 3.05) is 0 Å². The van der Waals surface area contributed by atoms with Crippen LogP contribution in [-0.2, 0) is 6.54 Å². The number of hydrogen-bond acceptors (Lipinski definition) is 5. The molecular weight excluding hydrogens is 296 g/mol. The molecule has 2 N–H and O–H groups in total. The van der Waals surface area contributed by atoms with Gasteiger partial charge in [-0.2, -0.15) is 5.10 Å². The van der Waals surface area contributed by atoms with Gasteiger partial charge in [-0.15, -0.1) is 0 Å². The summed E-state index contributed by atoms with van der Waals surface area (Å²) in [7, 11) is 0. The summed E-state index contributed by atoms with van der Waals surface area (Å²) in [5.41, 5.74) is 0.753. The Kier molecular flexibility index (Phi) is 3.65. The first kappa shape index (κ1) is 14.4. The summed E-state index contributed by atoms with van der Waals surface area (Å²) in [4.78, 5) is 16.6. The number of aliphatic hydroxyl groups excluding tert-OH is 1. The first-order chi connectivity index (χ1) is 11.2. The molecule has 0 spiro atoms. The van der Waals surface area contributed by atoms with E-state index in [1.165, 1.54) is 6.39 Å². The van der Waals surface area contributed by atoms with Gasteiger partial charge in [0, 0.05) is 24.9 Å². The first-order valence-electron chi connectivity index (χ1n) is 8.10. The van der Waals surface area contributed by atoms with Gasteiger partial charge in [-0.3, -0.25) is 9.48 Å². The van der Waals surface area contributed by atoms with Crippen LogP contribution in [0.5, 0.6) is 0 Å². The van der Waals surface area contributed by atoms with Crippen molar-refractivity contribution in [2.45, 2.75) is 50.3 Å². The third-order valence-corrected chi connectivity index (χ3v) is 4.71. The van der Waals surface area contributed by atoms with Crippen molar-refractivity contribution < 1.29 is 14.3 Å². The van der Waals surface area contributed by atoms with E-state index in [9.17, 15) is 9.90 Å². The molecule has 2 heterocycles. The lowest BCUT2D eigenvalue weighted by Crippen LogP contribution is -2.40. The highest BCUT2D eigenvalue weighted by atomic mass is 16.3. The fraction of sp³-hybridized carbons (Fsp3) is 0.562. The van der Waals surface area contributed by atoms with Gasteiger partial charge in [-0.1, -0.05) is 0 Å². The molecule has 0 bridgehead atoms. The molecule has 1 unspecified atom stereocenters. The van der Waals surface area contributed by atoms with Crippen molar-refractivity contribution in [3.05, 3.63) is 36.3 Å². The highest BCUT2D eigenvalue weighted by Crippen LogP contribution is 2.40. The van der Waals surface area contributed by atoms with E-state index >= 15 is 0 Å². The van der Waals surface area contributed by atoms with E-state index < -0.39 is 6.10 Å². The Morgan fingerprint density at radius 3 is 3.04 bits per heavy atom. The second kappa shape index (κ2) is 5.81. The normalized spacial score (nSPS) is 27.3. The number of nitrogens with zero attached hydrogens (tertiary/aromatic N) is 3. The Morgan fingerprint density at radius 1 is 1.43 bits per heavy atom. The molecule has 2 aromatic rings. The maximum absolute atomic E-state index is 12.4. The average molecular weight is 316 g/mol. The smallest absolute Gasteiger partial charge is 0.289 e. The minimum atomic E-state index is -0.535. The predicted octanol–water partition coefficient (Wildman–Crippen LogP) is 1.32. The molecule has 4 rings (SSSR count). The summed E-state index contributed by atoms with van der Waals surface area (Å²) in [5, 5.41) is 17.3. The average Bonchev–Trinajstić information content (AvgIpc) is 2.94. The van der Waals surface area contributed by atoms with Crippen LogP contribution in [0.15, 0.2) is 29.3 Å². The molecule has 2 aromatic heterocycles. The fourth-order valence-electron chi connectivity index (χ4n) is 3.40. The van der Waals surface area contributed by atoms with E-state index in [1.807, 2.05) is 16.9 Å². The fourth-order valence-corrected chi connectivity index (χ4v) is 3.40. The molecule has 3 atom stereocenters. The number of aromatic nitrogens is 3. The molecule has 2 saturated carbocycles. The van der Waals surface area contributed by atoms with Gasteiger partial charge in [0.1, 0.15) is 0 Å². The van der Waals surface area contributed by atoms with Crippen molar-refractivity contribution in [1.29, 1.82) is 0 Å². The van der Waals surface area contributed by atoms with Crippen LogP contribution in [0.2, 0.25) is 0 Å². The van der Waals surface area contributed by atoms with Crippen molar-refractivity contribution in [2.24, 2.45) is 5.92 Å². The summed E-state index contributed by atoms with van der Waals surface area (Å²) in [6.07, 6.45) is 7.97. The van der Waals surface area contributed by atoms with Crippen molar-refractivity contribution in [3.63, 3.8) is 0 Å². The summed E-state index contributed by atoms with van der Waals surface area (Å²) >= 11 is 0. The zero-order valence-electron chi connectivity index (χ0n) is 12.8. The summed E-state index contributed by atoms with van der Waals surface area (Å²) < 4.78 is 7.13. The number of rotatable bonds is 5. The SMILES string of the molecule is O=C(N[C@@H]1CC(Cn2cccn2)C[C@H]1O)c1ocnc1C1CC1. The number of nitrogens with one attached hydrogen (secondary N) is 1. The minimum Gasteiger partial charge on any atom is -0.438 e. The van der Waals surface area contributed by atoms with Gasteiger partial charge in [0.15, 0.2) is 6.39 Å². The summed E-state index contributed by atoms with van der Waals surface area (Å²) in [5.74, 6) is 0.687. The molecule has 1 amide bonds. The first-order valence-corrected chi connectivity index (χ1v) is 8.10. The van der Waals surface area contributed by atoms with Crippen molar-refractivity contribution in [1.82, 2.24) is 20.1 Å². The minimum absolute atomic E-state index is 0.250. The van der Waals surface area contributed by atoms with Gasteiger partial charge in [0.25, 0.3) is 5.91 Å². The van der Waals surface area contributed by atoms with Crippen LogP contribution in [0.3, 0.4) is 0 Å². The van der Waals surface area contributed by atoms with Gasteiger partial charge in [0.05, 0.1) is 17.8 Å². The van der Waals surface area contributed by atoms with E-state index in [0.29, 0.717) is 24.0 Å². The molecule has 2 aliphatic carbocycles. The summed E-state index contributed by atoms with van der Waals surface area (Å²) in [6, 6.07) is 1.63. The molecule has 0 saturated heterocycles. The number of carbonyl (C=O) groups is 1. The lowest BCUT2D eigenvalue weighted by Gasteiger charge is -2.15. The van der Waals surface area contributed by atoms with Crippen LogP contribution in [0, 0.1) is 5.92 Å². The molecule has 7 heteroatoms. The molecule has 0 aromatic carbocycles. The Bertz CT molecular complexity index is 677. The number of aliphatic hydroxyl groups is 1. The van der Waals surface area contributed by atoms with Crippen LogP contribution in [-0.4, -0.2) is 37.9 Å². The Balaban J connectivity index is 1.38. The van der Waals surface area contributed by atoms with E-state index in [0.717, 1.165) is 31.5 Å². The van der Waals surface area contributed by atoms with E-state index in [4.69, 9.17) is 4.42 Å². The van der Waals surface area contributed by atoms with Crippen molar-refractivity contribution in [3.8, 4) is 0 Å². The van der Waals surface area contributed by atoms with E-state index in [-0.39, 0.29) is 11.9 Å². The topological polar surface area (TPSA) is 93.2 Å². The maximum atomic E-state index is 12.4. The molecular formula is C16H20N4O3. The Hall–Kier alpha value is -2.15. The molecule has 23 heavy (non-hydrogen) atoms. The molecule has 0 aliphatic heterocycles. The Morgan fingerprint density at radius 2 is 2.30 bits per heavy atom. The number of carbonyl (C=O) groups excluding carboxylic acids is 1. The lowest BCUT2D eigenvalue weighted by molar-refractivity contribution is 0.0844. The third kappa shape index (κ3) is 3.01. The zero-order valence-corrected chi connectivity index (χ0v) is 12.8. The highest BCUT2D eigenvalue weighted by molar-refractivity contribution is 5.93. The van der Waals surface area contributed by atoms with Gasteiger partial charge in [0.2, 0.25) is 5.76 Å². The van der Waals surface area contributed by atoms with Gasteiger partial charge in [-0.05, 0) is 37.7 Å². The van der Waals surface area contributed by atoms with E-state index in [1.54, 1.807) is 6.20 Å². The third-order valence-electron chi connectivity index (χ3n) is 4.71. The number of oxazole rings is 1. The van der Waals surface area contributed by atoms with Gasteiger partial charge < -0.3 is 14.8 Å². The second-order valence-corrected chi connectivity index (χ2v) is 6.55. The van der Waals surface area contributed by atoms with Gasteiger partial charge in [-0.25, -0.2) is 4.98 Å². The van der Waals surface area contributed by atoms with Crippen LogP contribution in [0.1, 0.15) is 47.8 Å². The number of hydrogen-bond donors (Lipinski definition) is 2. The van der Waals surface area contributed by atoms with Crippen LogP contribution in [0.4, 0.5) is 0 Å². The quantitative estimate of drug-likeness (QED) is 0.868. The largest absolute Gasteiger partial charge is 0.438 e. The molecule has 2 fully saturated rings. The molecule has 7 nitrogen and oxygen atoms in total. The van der Waals surface area contributed by atoms with Crippen LogP contribution < -0.4 is 5.32 Å². The molecule has 0 radical (unpaired) electrons. The van der Waals surface area contributed by atoms with Crippen molar-refractivity contribution >= 4 is 5.91 Å². The second-order valence-electron chi connectivity index (χ2n) is 6.55. The molecule has 122 valence electrons. The van der Waals surface area contributed by atoms with Gasteiger partial charge >= 0.3 is 0 Å². The zero-order chi connectivity index (χ0) is 15.8. The molecule has 2 aliphatic rings. The van der Waals surface area contributed by atoms with E-state index in [2.05, 4.69) is 15.4 Å². The Labute approximate surface area is 133 Å². The standard InChI is InChI=1S/C16H20N4O3/c21-13-7-10(8-20-5-1-4-18-20)6-12(13)19-16(22)15-14(11-2-3-11)17-9-23-15/h1,4-5,9-13,21H,2-3,6-8H2,(H,19,22)/t10?,12-,13-/m1/s1. The number of amides is 1. The highest BCUT2D eigenvalue weighted by Gasteiger charge is 2.37. The maximum Gasteiger partial charge on any atom is 0.289 e. The summed E-state index contributed by atoms with van der Waals surface area (Å²) in [6.45, 7) is 0.756. The lowest BCUT2D eigenvalue weighted by atomic mass is 10.1.